The maximum atomic E-state index is 12.3. The van der Waals surface area contributed by atoms with Crippen molar-refractivity contribution < 1.29 is 14.3 Å². The van der Waals surface area contributed by atoms with E-state index in [1.807, 2.05) is 37.3 Å². The first kappa shape index (κ1) is 22.0. The molecule has 0 unspecified atom stereocenters. The summed E-state index contributed by atoms with van der Waals surface area (Å²) in [5, 5.41) is 2.52. The van der Waals surface area contributed by atoms with Gasteiger partial charge in [-0.15, -0.1) is 0 Å². The van der Waals surface area contributed by atoms with Crippen LogP contribution in [0.25, 0.3) is 0 Å². The Balaban J connectivity index is 1.43. The molecule has 0 fully saturated rings. The molecule has 0 saturated heterocycles. The van der Waals surface area contributed by atoms with Crippen LogP contribution in [0.15, 0.2) is 78.9 Å². The van der Waals surface area contributed by atoms with E-state index in [-0.39, 0.29) is 11.0 Å². The number of ether oxygens (including phenoxy) is 1. The van der Waals surface area contributed by atoms with Crippen molar-refractivity contribution in [2.24, 2.45) is 0 Å². The molecule has 3 aromatic carbocycles. The molecule has 0 bridgehead atoms. The van der Waals surface area contributed by atoms with Gasteiger partial charge in [-0.25, -0.2) is 0 Å². The number of benzene rings is 3. The van der Waals surface area contributed by atoms with Crippen LogP contribution in [0.5, 0.6) is 5.75 Å². The maximum absolute atomic E-state index is 12.3. The predicted molar refractivity (Wildman–Crippen MR) is 124 cm³/mol. The highest BCUT2D eigenvalue weighted by Gasteiger charge is 2.11. The van der Waals surface area contributed by atoms with Gasteiger partial charge in [0.05, 0.1) is 6.61 Å². The Morgan fingerprint density at radius 3 is 2.23 bits per heavy atom. The summed E-state index contributed by atoms with van der Waals surface area (Å²) in [6.07, 6.45) is 0.803. The zero-order valence-corrected chi connectivity index (χ0v) is 17.9. The SMILES string of the molecule is Cc1ccccc1C(=O)NNC(=S)NC(=O)c1ccc(OCCc2ccccc2)cc1. The summed E-state index contributed by atoms with van der Waals surface area (Å²) in [4.78, 5) is 24.5. The van der Waals surface area contributed by atoms with Gasteiger partial charge in [-0.2, -0.15) is 0 Å². The van der Waals surface area contributed by atoms with Crippen molar-refractivity contribution in [2.75, 3.05) is 6.61 Å². The van der Waals surface area contributed by atoms with E-state index in [2.05, 4.69) is 28.3 Å². The van der Waals surface area contributed by atoms with Gasteiger partial charge >= 0.3 is 0 Å². The van der Waals surface area contributed by atoms with E-state index in [0.29, 0.717) is 23.5 Å². The maximum Gasteiger partial charge on any atom is 0.269 e. The lowest BCUT2D eigenvalue weighted by Crippen LogP contribution is -2.48. The van der Waals surface area contributed by atoms with E-state index in [1.54, 1.807) is 36.4 Å². The van der Waals surface area contributed by atoms with Crippen LogP contribution >= 0.6 is 12.2 Å². The smallest absolute Gasteiger partial charge is 0.269 e. The van der Waals surface area contributed by atoms with Crippen molar-refractivity contribution in [3.05, 3.63) is 101 Å². The number of carbonyl (C=O) groups excluding carboxylic acids is 2. The van der Waals surface area contributed by atoms with Gasteiger partial charge in [-0.3, -0.25) is 25.8 Å². The van der Waals surface area contributed by atoms with E-state index < -0.39 is 5.91 Å². The van der Waals surface area contributed by atoms with Crippen molar-refractivity contribution >= 4 is 29.1 Å². The number of hydrogen-bond acceptors (Lipinski definition) is 4. The zero-order chi connectivity index (χ0) is 22.1. The second kappa shape index (κ2) is 10.9. The molecule has 0 aliphatic carbocycles. The Kier molecular flexibility index (Phi) is 7.73. The summed E-state index contributed by atoms with van der Waals surface area (Å²) in [5.41, 5.74) is 8.00. The molecule has 3 rings (SSSR count). The van der Waals surface area contributed by atoms with Gasteiger partial charge in [0.25, 0.3) is 11.8 Å². The van der Waals surface area contributed by atoms with Crippen LogP contribution in [0.1, 0.15) is 31.8 Å². The normalized spacial score (nSPS) is 10.1. The van der Waals surface area contributed by atoms with Crippen molar-refractivity contribution in [3.8, 4) is 5.75 Å². The predicted octanol–water partition coefficient (Wildman–Crippen LogP) is 3.57. The molecule has 6 nitrogen and oxygen atoms in total. The number of aryl methyl sites for hydroxylation is 1. The molecule has 0 heterocycles. The highest BCUT2D eigenvalue weighted by molar-refractivity contribution is 7.80. The molecule has 0 aliphatic rings. The first-order valence-electron chi connectivity index (χ1n) is 9.77. The molecular weight excluding hydrogens is 410 g/mol. The van der Waals surface area contributed by atoms with E-state index in [1.165, 1.54) is 5.56 Å². The van der Waals surface area contributed by atoms with Gasteiger partial charge in [0.1, 0.15) is 5.75 Å². The minimum absolute atomic E-state index is 0.00452. The Morgan fingerprint density at radius 2 is 1.52 bits per heavy atom. The van der Waals surface area contributed by atoms with Crippen molar-refractivity contribution in [1.82, 2.24) is 16.2 Å². The van der Waals surface area contributed by atoms with Crippen LogP contribution in [0.4, 0.5) is 0 Å². The Labute approximate surface area is 186 Å². The monoisotopic (exact) mass is 433 g/mol. The summed E-state index contributed by atoms with van der Waals surface area (Å²) in [7, 11) is 0. The van der Waals surface area contributed by atoms with Gasteiger partial charge in [0.2, 0.25) is 0 Å². The van der Waals surface area contributed by atoms with Gasteiger partial charge in [-0.05, 0) is 60.6 Å². The molecule has 0 saturated carbocycles. The van der Waals surface area contributed by atoms with E-state index in [9.17, 15) is 9.59 Å². The van der Waals surface area contributed by atoms with E-state index >= 15 is 0 Å². The molecule has 0 aromatic heterocycles. The fourth-order valence-electron chi connectivity index (χ4n) is 2.85. The first-order chi connectivity index (χ1) is 15.0. The van der Waals surface area contributed by atoms with Crippen LogP contribution in [0.3, 0.4) is 0 Å². The molecule has 2 amide bonds. The number of nitrogens with one attached hydrogen (secondary N) is 3. The highest BCUT2D eigenvalue weighted by atomic mass is 32.1. The quantitative estimate of drug-likeness (QED) is 0.409. The van der Waals surface area contributed by atoms with Crippen molar-refractivity contribution in [3.63, 3.8) is 0 Å². The van der Waals surface area contributed by atoms with Crippen LogP contribution < -0.4 is 20.9 Å². The van der Waals surface area contributed by atoms with Crippen LogP contribution in [0, 0.1) is 6.92 Å². The summed E-state index contributed by atoms with van der Waals surface area (Å²) >= 11 is 5.08. The van der Waals surface area contributed by atoms with Crippen molar-refractivity contribution in [1.29, 1.82) is 0 Å². The lowest BCUT2D eigenvalue weighted by Gasteiger charge is -2.12. The fourth-order valence-corrected chi connectivity index (χ4v) is 2.99. The molecular formula is C24H23N3O3S. The van der Waals surface area contributed by atoms with Crippen LogP contribution in [0.2, 0.25) is 0 Å². The zero-order valence-electron chi connectivity index (χ0n) is 17.1. The van der Waals surface area contributed by atoms with Crippen molar-refractivity contribution in [2.45, 2.75) is 13.3 Å². The third-order valence-corrected chi connectivity index (χ3v) is 4.73. The average Bonchev–Trinajstić information content (AvgIpc) is 2.79. The lowest BCUT2D eigenvalue weighted by atomic mass is 10.1. The number of hydrazine groups is 1. The topological polar surface area (TPSA) is 79.5 Å². The number of amides is 2. The number of rotatable bonds is 6. The van der Waals surface area contributed by atoms with Gasteiger partial charge in [0, 0.05) is 17.5 Å². The van der Waals surface area contributed by atoms with Gasteiger partial charge < -0.3 is 4.74 Å². The lowest BCUT2D eigenvalue weighted by molar-refractivity contribution is 0.0934. The summed E-state index contributed by atoms with van der Waals surface area (Å²) in [6.45, 7) is 2.38. The summed E-state index contributed by atoms with van der Waals surface area (Å²) in [5.74, 6) is -0.0520. The summed E-state index contributed by atoms with van der Waals surface area (Å²) in [6, 6.07) is 24.0. The van der Waals surface area contributed by atoms with Crippen LogP contribution in [-0.2, 0) is 6.42 Å². The third kappa shape index (κ3) is 6.65. The molecule has 7 heteroatoms. The van der Waals surface area contributed by atoms with Crippen LogP contribution in [-0.4, -0.2) is 23.5 Å². The van der Waals surface area contributed by atoms with Gasteiger partial charge in [0.15, 0.2) is 5.11 Å². The molecule has 31 heavy (non-hydrogen) atoms. The number of hydrogen-bond donors (Lipinski definition) is 3. The second-order valence-corrected chi connectivity index (χ2v) is 7.19. The molecule has 0 spiro atoms. The van der Waals surface area contributed by atoms with E-state index in [4.69, 9.17) is 17.0 Å². The second-order valence-electron chi connectivity index (χ2n) is 6.79. The molecule has 0 atom stereocenters. The number of thiocarbonyl (C=S) groups is 1. The fraction of sp³-hybridized carbons (Fsp3) is 0.125. The third-order valence-electron chi connectivity index (χ3n) is 4.53. The minimum Gasteiger partial charge on any atom is -0.493 e. The Hall–Kier alpha value is -3.71. The average molecular weight is 434 g/mol. The molecule has 3 aromatic rings. The standard InChI is InChI=1S/C24H23N3O3S/c1-17-7-5-6-10-21(17)23(29)26-27-24(31)25-22(28)19-11-13-20(14-12-19)30-16-15-18-8-3-2-4-9-18/h2-14H,15-16H2,1H3,(H,26,29)(H2,25,27,28,31). The minimum atomic E-state index is -0.390. The number of carbonyl (C=O) groups is 2. The summed E-state index contributed by atoms with van der Waals surface area (Å²) < 4.78 is 5.73. The molecule has 3 N–H and O–H groups in total. The highest BCUT2D eigenvalue weighted by Crippen LogP contribution is 2.13. The molecule has 158 valence electrons. The Morgan fingerprint density at radius 1 is 0.839 bits per heavy atom. The largest absolute Gasteiger partial charge is 0.493 e. The molecule has 0 radical (unpaired) electrons. The van der Waals surface area contributed by atoms with Gasteiger partial charge in [-0.1, -0.05) is 48.5 Å². The van der Waals surface area contributed by atoms with E-state index in [0.717, 1.165) is 12.0 Å². The first-order valence-corrected chi connectivity index (χ1v) is 10.2. The molecule has 0 aliphatic heterocycles. The Bertz CT molecular complexity index is 1050.